The van der Waals surface area contributed by atoms with Crippen LogP contribution in [0.3, 0.4) is 0 Å². The van der Waals surface area contributed by atoms with Gasteiger partial charge in [0.05, 0.1) is 6.54 Å². The van der Waals surface area contributed by atoms with Crippen LogP contribution in [0.1, 0.15) is 18.4 Å². The molecule has 0 unspecified atom stereocenters. The third-order valence-corrected chi connectivity index (χ3v) is 3.11. The molecule has 4 N–H and O–H groups in total. The summed E-state index contributed by atoms with van der Waals surface area (Å²) in [5, 5.41) is 13.5. The van der Waals surface area contributed by atoms with Crippen molar-refractivity contribution in [1.82, 2.24) is 10.0 Å². The normalized spacial score (nSPS) is 9.68. The minimum atomic E-state index is -0.614. The Labute approximate surface area is 135 Å². The zero-order chi connectivity index (χ0) is 16.4. The lowest BCUT2D eigenvalue weighted by molar-refractivity contribution is -0.122. The number of benzene rings is 1. The number of nitrogens with one attached hydrogen (secondary N) is 4. The minimum Gasteiger partial charge on any atom is -0.384 e. The second-order valence-corrected chi connectivity index (χ2v) is 4.72. The van der Waals surface area contributed by atoms with Gasteiger partial charge in [-0.05, 0) is 18.9 Å². The molecule has 0 bridgehead atoms. The predicted octanol–water partition coefficient (Wildman–Crippen LogP) is 1.51. The average molecular weight is 320 g/mol. The van der Waals surface area contributed by atoms with Crippen molar-refractivity contribution in [3.8, 4) is 0 Å². The lowest BCUT2D eigenvalue weighted by Gasteiger charge is -2.12. The quantitative estimate of drug-likeness (QED) is 0.207. The van der Waals surface area contributed by atoms with Crippen molar-refractivity contribution in [3.05, 3.63) is 42.5 Å². The van der Waals surface area contributed by atoms with Gasteiger partial charge in [-0.25, -0.2) is 0 Å². The van der Waals surface area contributed by atoms with Crippen LogP contribution in [0.15, 0.2) is 36.9 Å². The molecule has 118 valence electrons. The molecular weight excluding hydrogens is 300 g/mol. The summed E-state index contributed by atoms with van der Waals surface area (Å²) in [6.07, 6.45) is 3.65. The first-order valence-corrected chi connectivity index (χ1v) is 7.28. The highest BCUT2D eigenvalue weighted by Crippen LogP contribution is 2.15. The van der Waals surface area contributed by atoms with Gasteiger partial charge >= 0.3 is 0 Å². The maximum atomic E-state index is 11.9. The maximum Gasteiger partial charge on any atom is 0.270 e. The fourth-order valence-electron chi connectivity index (χ4n) is 1.74. The number of hydrogen-bond donors (Lipinski definition) is 5. The maximum absolute atomic E-state index is 11.9. The van der Waals surface area contributed by atoms with E-state index in [2.05, 4.69) is 34.7 Å². The summed E-state index contributed by atoms with van der Waals surface area (Å²) in [5.74, 6) is -1.06. The van der Waals surface area contributed by atoms with E-state index in [0.717, 1.165) is 19.4 Å². The Morgan fingerprint density at radius 3 is 2.73 bits per heavy atom. The van der Waals surface area contributed by atoms with Crippen molar-refractivity contribution in [1.29, 1.82) is 5.41 Å². The number of allylic oxidation sites excluding steroid dienone is 1. The molecule has 1 aromatic carbocycles. The molecule has 0 radical (unpaired) electrons. The highest BCUT2D eigenvalue weighted by Gasteiger charge is 2.15. The monoisotopic (exact) mass is 320 g/mol. The van der Waals surface area contributed by atoms with Crippen LogP contribution in [0.2, 0.25) is 0 Å². The number of unbranched alkanes of at least 4 members (excludes halogenated alkanes) is 1. The van der Waals surface area contributed by atoms with Crippen LogP contribution in [-0.4, -0.2) is 30.6 Å². The fourth-order valence-corrected chi connectivity index (χ4v) is 1.81. The van der Waals surface area contributed by atoms with Gasteiger partial charge in [-0.3, -0.25) is 15.0 Å². The highest BCUT2D eigenvalue weighted by molar-refractivity contribution is 7.78. The molecule has 1 rings (SSSR count). The van der Waals surface area contributed by atoms with E-state index in [4.69, 9.17) is 5.41 Å². The third kappa shape index (κ3) is 5.61. The Bertz CT molecular complexity index is 560. The first-order valence-electron chi connectivity index (χ1n) is 6.84. The molecule has 2 amide bonds. The first-order chi connectivity index (χ1) is 10.6. The molecule has 0 aromatic heterocycles. The number of thiol groups is 1. The Kier molecular flexibility index (Phi) is 7.77. The van der Waals surface area contributed by atoms with E-state index in [-0.39, 0.29) is 12.3 Å². The van der Waals surface area contributed by atoms with Gasteiger partial charge in [0.2, 0.25) is 5.91 Å². The first kappa shape index (κ1) is 17.8. The molecule has 0 fully saturated rings. The predicted molar refractivity (Wildman–Crippen MR) is 91.3 cm³/mol. The lowest BCUT2D eigenvalue weighted by Crippen LogP contribution is -2.37. The Morgan fingerprint density at radius 1 is 1.32 bits per heavy atom. The molecule has 1 aromatic rings. The molecule has 0 aliphatic heterocycles. The lowest BCUT2D eigenvalue weighted by atomic mass is 10.1. The second kappa shape index (κ2) is 9.62. The fraction of sp³-hybridized carbons (Fsp3) is 0.267. The highest BCUT2D eigenvalue weighted by atomic mass is 32.1. The zero-order valence-corrected chi connectivity index (χ0v) is 13.1. The van der Waals surface area contributed by atoms with Gasteiger partial charge in [-0.15, -0.1) is 6.58 Å². The summed E-state index contributed by atoms with van der Waals surface area (Å²) in [5.41, 5.74) is 1.01. The largest absolute Gasteiger partial charge is 0.384 e. The number of hydrogen-bond acceptors (Lipinski definition) is 5. The molecule has 0 aliphatic carbocycles. The molecule has 0 spiro atoms. The molecular formula is C15H20N4O2S. The molecule has 0 saturated heterocycles. The average Bonchev–Trinajstić information content (AvgIpc) is 2.55. The Balaban J connectivity index is 2.69. The van der Waals surface area contributed by atoms with E-state index < -0.39 is 11.8 Å². The van der Waals surface area contributed by atoms with Crippen molar-refractivity contribution < 1.29 is 9.59 Å². The van der Waals surface area contributed by atoms with E-state index in [1.54, 1.807) is 12.1 Å². The standard InChI is InChI=1S/C15H20N4O2S/c1-2-3-6-9-17-12-8-5-4-7-11(12)14(16)15(21)18-10-13(20)19-22/h2,4-5,7-8,16-17,22H,1,3,6,9-10H2,(H,18,21)(H,19,20). The summed E-state index contributed by atoms with van der Waals surface area (Å²) in [7, 11) is 0. The van der Waals surface area contributed by atoms with E-state index in [9.17, 15) is 9.59 Å². The van der Waals surface area contributed by atoms with Crippen molar-refractivity contribution >= 4 is 36.0 Å². The van der Waals surface area contributed by atoms with E-state index in [1.807, 2.05) is 18.2 Å². The van der Waals surface area contributed by atoms with Crippen molar-refractivity contribution in [2.24, 2.45) is 0 Å². The summed E-state index contributed by atoms with van der Waals surface area (Å²) in [6.45, 7) is 4.16. The van der Waals surface area contributed by atoms with Crippen molar-refractivity contribution in [2.45, 2.75) is 12.8 Å². The number of carbonyl (C=O) groups excluding carboxylic acids is 2. The number of anilines is 1. The molecule has 0 saturated carbocycles. The summed E-state index contributed by atoms with van der Waals surface area (Å²) in [6, 6.07) is 7.09. The van der Waals surface area contributed by atoms with Gasteiger partial charge < -0.3 is 15.4 Å². The summed E-state index contributed by atoms with van der Waals surface area (Å²) >= 11 is 3.59. The van der Waals surface area contributed by atoms with Gasteiger partial charge in [0, 0.05) is 17.8 Å². The number of carbonyl (C=O) groups is 2. The molecule has 22 heavy (non-hydrogen) atoms. The number of rotatable bonds is 9. The van der Waals surface area contributed by atoms with E-state index in [1.165, 1.54) is 0 Å². The third-order valence-electron chi connectivity index (χ3n) is 2.86. The molecule has 0 heterocycles. The summed E-state index contributed by atoms with van der Waals surface area (Å²) in [4.78, 5) is 23.0. The number of amides is 2. The van der Waals surface area contributed by atoms with Crippen LogP contribution in [0.25, 0.3) is 0 Å². The zero-order valence-electron chi connectivity index (χ0n) is 12.2. The van der Waals surface area contributed by atoms with Crippen LogP contribution < -0.4 is 15.4 Å². The van der Waals surface area contributed by atoms with Crippen molar-refractivity contribution in [3.63, 3.8) is 0 Å². The summed E-state index contributed by atoms with van der Waals surface area (Å²) < 4.78 is 2.10. The number of para-hydroxylation sites is 1. The Morgan fingerprint density at radius 2 is 2.05 bits per heavy atom. The van der Waals surface area contributed by atoms with Crippen LogP contribution in [-0.2, 0) is 9.59 Å². The van der Waals surface area contributed by atoms with Gasteiger partial charge in [0.25, 0.3) is 5.91 Å². The molecule has 7 heteroatoms. The van der Waals surface area contributed by atoms with Crippen LogP contribution >= 0.6 is 12.8 Å². The minimum absolute atomic E-state index is 0.196. The van der Waals surface area contributed by atoms with E-state index >= 15 is 0 Å². The molecule has 6 nitrogen and oxygen atoms in total. The van der Waals surface area contributed by atoms with Gasteiger partial charge in [-0.1, -0.05) is 37.1 Å². The smallest absolute Gasteiger partial charge is 0.270 e. The molecule has 0 aliphatic rings. The van der Waals surface area contributed by atoms with Crippen LogP contribution in [0, 0.1) is 5.41 Å². The molecule has 0 atom stereocenters. The van der Waals surface area contributed by atoms with Gasteiger partial charge in [-0.2, -0.15) is 0 Å². The Hall–Kier alpha value is -2.28. The van der Waals surface area contributed by atoms with Crippen LogP contribution in [0.5, 0.6) is 0 Å². The van der Waals surface area contributed by atoms with Gasteiger partial charge in [0.1, 0.15) is 5.71 Å². The van der Waals surface area contributed by atoms with Crippen molar-refractivity contribution in [2.75, 3.05) is 18.4 Å². The SMILES string of the molecule is C=CCCCNc1ccccc1C(=N)C(=O)NCC(=O)NS. The second-order valence-electron chi connectivity index (χ2n) is 4.50. The van der Waals surface area contributed by atoms with Gasteiger partial charge in [0.15, 0.2) is 0 Å². The topological polar surface area (TPSA) is 94.1 Å². The van der Waals surface area contributed by atoms with Crippen LogP contribution in [0.4, 0.5) is 5.69 Å². The van der Waals surface area contributed by atoms with E-state index in [0.29, 0.717) is 11.3 Å².